The molecule has 0 unspecified atom stereocenters. The molecule has 1 aromatic rings. The number of Topliss-reactive ketones (excluding diaryl/α,β-unsaturated/α-hetero) is 1. The molecular formula is C11H13NO2. The van der Waals surface area contributed by atoms with Crippen molar-refractivity contribution in [3.05, 3.63) is 34.9 Å². The average molecular weight is 191 g/mol. The third-order valence-corrected chi connectivity index (χ3v) is 2.22. The Labute approximate surface area is 82.9 Å². The Morgan fingerprint density at radius 1 is 1.29 bits per heavy atom. The van der Waals surface area contributed by atoms with Crippen LogP contribution in [0.25, 0.3) is 0 Å². The number of rotatable bonds is 3. The lowest BCUT2D eigenvalue weighted by molar-refractivity contribution is 0.0987. The summed E-state index contributed by atoms with van der Waals surface area (Å²) >= 11 is 0. The zero-order chi connectivity index (χ0) is 10.7. The van der Waals surface area contributed by atoms with Gasteiger partial charge in [-0.2, -0.15) is 0 Å². The molecule has 0 atom stereocenters. The summed E-state index contributed by atoms with van der Waals surface area (Å²) in [5, 5.41) is 0. The van der Waals surface area contributed by atoms with Gasteiger partial charge in [0.1, 0.15) is 0 Å². The first-order chi connectivity index (χ1) is 6.57. The molecular weight excluding hydrogens is 178 g/mol. The lowest BCUT2D eigenvalue weighted by Crippen LogP contribution is -2.14. The molecule has 0 heterocycles. The van der Waals surface area contributed by atoms with Crippen LogP contribution >= 0.6 is 0 Å². The normalized spacial score (nSPS) is 9.86. The summed E-state index contributed by atoms with van der Waals surface area (Å²) in [5.74, 6) is -0.459. The van der Waals surface area contributed by atoms with Gasteiger partial charge >= 0.3 is 0 Å². The molecule has 1 aromatic carbocycles. The van der Waals surface area contributed by atoms with Crippen molar-refractivity contribution in [2.24, 2.45) is 5.73 Å². The molecule has 0 fully saturated rings. The van der Waals surface area contributed by atoms with Crippen LogP contribution in [0.3, 0.4) is 0 Å². The number of ketones is 1. The van der Waals surface area contributed by atoms with Crippen LogP contribution < -0.4 is 5.73 Å². The number of carbonyl (C=O) groups is 2. The molecule has 0 saturated heterocycles. The van der Waals surface area contributed by atoms with E-state index in [-0.39, 0.29) is 5.78 Å². The van der Waals surface area contributed by atoms with E-state index in [1.165, 1.54) is 0 Å². The minimum absolute atomic E-state index is 0.0330. The average Bonchev–Trinajstić information content (AvgIpc) is 2.16. The van der Waals surface area contributed by atoms with Gasteiger partial charge in [-0.25, -0.2) is 0 Å². The third kappa shape index (κ3) is 1.82. The lowest BCUT2D eigenvalue weighted by Gasteiger charge is -2.06. The number of hydrogen-bond acceptors (Lipinski definition) is 2. The van der Waals surface area contributed by atoms with Crippen molar-refractivity contribution in [2.45, 2.75) is 20.3 Å². The van der Waals surface area contributed by atoms with Crippen molar-refractivity contribution < 1.29 is 9.59 Å². The Bertz CT molecular complexity index is 383. The quantitative estimate of drug-likeness (QED) is 0.739. The second kappa shape index (κ2) is 4.05. The Morgan fingerprint density at radius 3 is 2.36 bits per heavy atom. The Hall–Kier alpha value is -1.64. The Balaban J connectivity index is 3.27. The number of nitrogens with two attached hydrogens (primary N) is 1. The van der Waals surface area contributed by atoms with Crippen LogP contribution in [0.15, 0.2) is 18.2 Å². The number of primary amides is 1. The standard InChI is InChI=1S/C11H13NO2/c1-3-10(13)8-5-4-6-9(7(8)2)11(12)14/h4-6H,3H2,1-2H3,(H2,12,14). The van der Waals surface area contributed by atoms with Crippen LogP contribution in [0.2, 0.25) is 0 Å². The fraction of sp³-hybridized carbons (Fsp3) is 0.273. The van der Waals surface area contributed by atoms with Gasteiger partial charge in [-0.3, -0.25) is 9.59 Å². The van der Waals surface area contributed by atoms with Gasteiger partial charge in [0.25, 0.3) is 0 Å². The largest absolute Gasteiger partial charge is 0.366 e. The van der Waals surface area contributed by atoms with Crippen LogP contribution in [-0.4, -0.2) is 11.7 Å². The molecule has 0 aliphatic heterocycles. The molecule has 3 heteroatoms. The van der Waals surface area contributed by atoms with Gasteiger partial charge in [0, 0.05) is 17.5 Å². The van der Waals surface area contributed by atoms with Gasteiger partial charge in [0.2, 0.25) is 5.91 Å². The monoisotopic (exact) mass is 191 g/mol. The zero-order valence-corrected chi connectivity index (χ0v) is 8.33. The van der Waals surface area contributed by atoms with Crippen molar-refractivity contribution in [2.75, 3.05) is 0 Å². The molecule has 0 bridgehead atoms. The van der Waals surface area contributed by atoms with E-state index in [2.05, 4.69) is 0 Å². The summed E-state index contributed by atoms with van der Waals surface area (Å²) in [6.07, 6.45) is 0.434. The summed E-state index contributed by atoms with van der Waals surface area (Å²) in [7, 11) is 0. The maximum atomic E-state index is 11.5. The van der Waals surface area contributed by atoms with Gasteiger partial charge in [-0.1, -0.05) is 19.1 Å². The van der Waals surface area contributed by atoms with Crippen LogP contribution in [-0.2, 0) is 0 Å². The molecule has 0 aliphatic carbocycles. The van der Waals surface area contributed by atoms with E-state index in [0.717, 1.165) is 0 Å². The molecule has 0 saturated carbocycles. The molecule has 1 amide bonds. The lowest BCUT2D eigenvalue weighted by atomic mass is 9.98. The predicted molar refractivity (Wildman–Crippen MR) is 54.3 cm³/mol. The molecule has 0 radical (unpaired) electrons. The van der Waals surface area contributed by atoms with Crippen LogP contribution in [0.1, 0.15) is 39.6 Å². The molecule has 14 heavy (non-hydrogen) atoms. The molecule has 0 spiro atoms. The van der Waals surface area contributed by atoms with E-state index in [0.29, 0.717) is 23.1 Å². The highest BCUT2D eigenvalue weighted by Gasteiger charge is 2.12. The number of amides is 1. The molecule has 1 rings (SSSR count). The smallest absolute Gasteiger partial charge is 0.248 e. The highest BCUT2D eigenvalue weighted by atomic mass is 16.1. The molecule has 74 valence electrons. The number of hydrogen-bond donors (Lipinski definition) is 1. The van der Waals surface area contributed by atoms with Gasteiger partial charge < -0.3 is 5.73 Å². The Kier molecular flexibility index (Phi) is 3.02. The second-order valence-electron chi connectivity index (χ2n) is 3.12. The third-order valence-electron chi connectivity index (χ3n) is 2.22. The highest BCUT2D eigenvalue weighted by molar-refractivity contribution is 6.02. The van der Waals surface area contributed by atoms with E-state index in [4.69, 9.17) is 5.73 Å². The topological polar surface area (TPSA) is 60.2 Å². The van der Waals surface area contributed by atoms with Crippen LogP contribution in [0.4, 0.5) is 0 Å². The first-order valence-corrected chi connectivity index (χ1v) is 4.50. The Morgan fingerprint density at radius 2 is 1.86 bits per heavy atom. The van der Waals surface area contributed by atoms with Gasteiger partial charge in [0.05, 0.1) is 0 Å². The van der Waals surface area contributed by atoms with Crippen LogP contribution in [0.5, 0.6) is 0 Å². The van der Waals surface area contributed by atoms with Crippen molar-refractivity contribution >= 4 is 11.7 Å². The predicted octanol–water partition coefficient (Wildman–Crippen LogP) is 1.69. The zero-order valence-electron chi connectivity index (χ0n) is 8.33. The maximum absolute atomic E-state index is 11.5. The summed E-state index contributed by atoms with van der Waals surface area (Å²) in [5.41, 5.74) is 6.86. The van der Waals surface area contributed by atoms with E-state index in [9.17, 15) is 9.59 Å². The first kappa shape index (κ1) is 10.4. The van der Waals surface area contributed by atoms with Gasteiger partial charge in [-0.05, 0) is 18.6 Å². The fourth-order valence-electron chi connectivity index (χ4n) is 1.40. The molecule has 3 nitrogen and oxygen atoms in total. The summed E-state index contributed by atoms with van der Waals surface area (Å²) in [4.78, 5) is 22.5. The van der Waals surface area contributed by atoms with Gasteiger partial charge in [-0.15, -0.1) is 0 Å². The first-order valence-electron chi connectivity index (χ1n) is 4.50. The van der Waals surface area contributed by atoms with Gasteiger partial charge in [0.15, 0.2) is 5.78 Å². The second-order valence-corrected chi connectivity index (χ2v) is 3.12. The van der Waals surface area contributed by atoms with Crippen molar-refractivity contribution in [1.82, 2.24) is 0 Å². The van der Waals surface area contributed by atoms with E-state index in [1.807, 2.05) is 0 Å². The summed E-state index contributed by atoms with van der Waals surface area (Å²) in [6.45, 7) is 3.53. The SMILES string of the molecule is CCC(=O)c1cccc(C(N)=O)c1C. The molecule has 2 N–H and O–H groups in total. The maximum Gasteiger partial charge on any atom is 0.248 e. The molecule has 0 aliphatic rings. The minimum Gasteiger partial charge on any atom is -0.366 e. The van der Waals surface area contributed by atoms with Crippen molar-refractivity contribution in [3.8, 4) is 0 Å². The van der Waals surface area contributed by atoms with Crippen LogP contribution in [0, 0.1) is 6.92 Å². The van der Waals surface area contributed by atoms with E-state index in [1.54, 1.807) is 32.0 Å². The summed E-state index contributed by atoms with van der Waals surface area (Å²) in [6, 6.07) is 5.02. The summed E-state index contributed by atoms with van der Waals surface area (Å²) < 4.78 is 0. The highest BCUT2D eigenvalue weighted by Crippen LogP contribution is 2.14. The van der Waals surface area contributed by atoms with E-state index >= 15 is 0 Å². The fourth-order valence-corrected chi connectivity index (χ4v) is 1.40. The van der Waals surface area contributed by atoms with Crippen molar-refractivity contribution in [3.63, 3.8) is 0 Å². The number of benzene rings is 1. The number of carbonyl (C=O) groups excluding carboxylic acids is 2. The molecule has 0 aromatic heterocycles. The van der Waals surface area contributed by atoms with Crippen molar-refractivity contribution in [1.29, 1.82) is 0 Å². The minimum atomic E-state index is -0.492. The van der Waals surface area contributed by atoms with E-state index < -0.39 is 5.91 Å².